The van der Waals surface area contributed by atoms with Crippen molar-refractivity contribution in [2.45, 2.75) is 103 Å². The molecule has 0 N–H and O–H groups in total. The summed E-state index contributed by atoms with van der Waals surface area (Å²) in [6.07, 6.45) is 25.9. The van der Waals surface area contributed by atoms with Gasteiger partial charge in [-0.25, -0.2) is 0 Å². The van der Waals surface area contributed by atoms with Gasteiger partial charge in [0.1, 0.15) is 0 Å². The Labute approximate surface area is 160 Å². The van der Waals surface area contributed by atoms with Gasteiger partial charge in [-0.1, -0.05) is 76.2 Å². The second kappa shape index (κ2) is 15.8. The van der Waals surface area contributed by atoms with Gasteiger partial charge in [-0.3, -0.25) is 9.59 Å². The Morgan fingerprint density at radius 1 is 0.846 bits per heavy atom. The second-order valence-electron chi connectivity index (χ2n) is 7.40. The van der Waals surface area contributed by atoms with Gasteiger partial charge in [0.15, 0.2) is 0 Å². The maximum absolute atomic E-state index is 11.5. The monoisotopic (exact) mass is 362 g/mol. The van der Waals surface area contributed by atoms with Gasteiger partial charge in [0.25, 0.3) is 0 Å². The Hall–Kier alpha value is -1.38. The molecule has 1 aliphatic rings. The second-order valence-corrected chi connectivity index (χ2v) is 7.40. The van der Waals surface area contributed by atoms with E-state index in [0.29, 0.717) is 12.8 Å². The maximum Gasteiger partial charge on any atom is 0.316 e. The maximum atomic E-state index is 11.5. The number of esters is 2. The fourth-order valence-electron chi connectivity index (χ4n) is 3.30. The van der Waals surface area contributed by atoms with Crippen molar-refractivity contribution in [3.63, 3.8) is 0 Å². The minimum Gasteiger partial charge on any atom is -0.393 e. The van der Waals surface area contributed by atoms with E-state index in [9.17, 15) is 9.59 Å². The molecule has 1 fully saturated rings. The Bertz CT molecular complexity index is 437. The van der Waals surface area contributed by atoms with Crippen LogP contribution in [0.5, 0.6) is 0 Å². The van der Waals surface area contributed by atoms with Crippen LogP contribution in [0.25, 0.3) is 0 Å². The molecular formula is C23H38O3. The summed E-state index contributed by atoms with van der Waals surface area (Å²) in [5, 5.41) is 0. The zero-order valence-electron chi connectivity index (χ0n) is 16.7. The van der Waals surface area contributed by atoms with E-state index >= 15 is 0 Å². The molecule has 26 heavy (non-hydrogen) atoms. The van der Waals surface area contributed by atoms with Gasteiger partial charge in [-0.15, -0.1) is 0 Å². The molecule has 0 bridgehead atoms. The topological polar surface area (TPSA) is 43.4 Å². The van der Waals surface area contributed by atoms with Crippen molar-refractivity contribution in [2.75, 3.05) is 0 Å². The van der Waals surface area contributed by atoms with E-state index in [1.165, 1.54) is 64.2 Å². The van der Waals surface area contributed by atoms with Crippen LogP contribution >= 0.6 is 0 Å². The molecule has 0 aromatic heterocycles. The normalized spacial score (nSPS) is 18.1. The minimum absolute atomic E-state index is 0.0430. The number of cyclic esters (lactones) is 2. The summed E-state index contributed by atoms with van der Waals surface area (Å²) >= 11 is 0. The van der Waals surface area contributed by atoms with Crippen molar-refractivity contribution in [1.82, 2.24) is 0 Å². The zero-order valence-corrected chi connectivity index (χ0v) is 16.7. The Morgan fingerprint density at radius 3 is 2.12 bits per heavy atom. The van der Waals surface area contributed by atoms with Gasteiger partial charge >= 0.3 is 11.9 Å². The minimum atomic E-state index is -0.358. The number of rotatable bonds is 15. The van der Waals surface area contributed by atoms with E-state index in [4.69, 9.17) is 0 Å². The SMILES string of the molecule is CCCCC/C=C\C/C=C\CCCCCCCCC1CCC(=O)OC1=O. The van der Waals surface area contributed by atoms with E-state index in [1.807, 2.05) is 0 Å². The molecule has 0 aliphatic carbocycles. The summed E-state index contributed by atoms with van der Waals surface area (Å²) in [5.74, 6) is -0.703. The molecule has 1 atom stereocenters. The Balaban J connectivity index is 1.84. The quantitative estimate of drug-likeness (QED) is 0.141. The highest BCUT2D eigenvalue weighted by molar-refractivity contribution is 5.89. The first kappa shape index (κ1) is 22.7. The van der Waals surface area contributed by atoms with Crippen molar-refractivity contribution in [1.29, 1.82) is 0 Å². The summed E-state index contributed by atoms with van der Waals surface area (Å²) in [6.45, 7) is 2.24. The van der Waals surface area contributed by atoms with Crippen molar-refractivity contribution >= 4 is 11.9 Å². The molecule has 0 radical (unpaired) electrons. The smallest absolute Gasteiger partial charge is 0.316 e. The van der Waals surface area contributed by atoms with Gasteiger partial charge in [0.05, 0.1) is 5.92 Å². The van der Waals surface area contributed by atoms with Crippen molar-refractivity contribution in [3.8, 4) is 0 Å². The predicted octanol–water partition coefficient (Wildman–Crippen LogP) is 6.67. The Morgan fingerprint density at radius 2 is 1.46 bits per heavy atom. The molecule has 0 amide bonds. The fourth-order valence-corrected chi connectivity index (χ4v) is 3.30. The van der Waals surface area contributed by atoms with Gasteiger partial charge in [-0.05, 0) is 44.9 Å². The van der Waals surface area contributed by atoms with Gasteiger partial charge in [-0.2, -0.15) is 0 Å². The van der Waals surface area contributed by atoms with E-state index in [0.717, 1.165) is 19.3 Å². The summed E-state index contributed by atoms with van der Waals surface area (Å²) in [5.41, 5.74) is 0. The van der Waals surface area contributed by atoms with E-state index < -0.39 is 0 Å². The van der Waals surface area contributed by atoms with Crippen LogP contribution in [0.1, 0.15) is 103 Å². The lowest BCUT2D eigenvalue weighted by atomic mass is 9.94. The number of hydrogen-bond acceptors (Lipinski definition) is 3. The van der Waals surface area contributed by atoms with Gasteiger partial charge in [0.2, 0.25) is 0 Å². The number of allylic oxidation sites excluding steroid dienone is 4. The zero-order chi connectivity index (χ0) is 18.9. The molecule has 0 aromatic rings. The summed E-state index contributed by atoms with van der Waals surface area (Å²) < 4.78 is 4.69. The third kappa shape index (κ3) is 12.1. The van der Waals surface area contributed by atoms with Crippen LogP contribution in [0.2, 0.25) is 0 Å². The number of unbranched alkanes of at least 4 members (excludes halogenated alkanes) is 9. The number of hydrogen-bond donors (Lipinski definition) is 0. The lowest BCUT2D eigenvalue weighted by molar-refractivity contribution is -0.167. The first-order valence-corrected chi connectivity index (χ1v) is 10.8. The van der Waals surface area contributed by atoms with Crippen LogP contribution in [0, 0.1) is 5.92 Å². The first-order chi connectivity index (χ1) is 12.7. The van der Waals surface area contributed by atoms with Crippen LogP contribution in [-0.4, -0.2) is 11.9 Å². The van der Waals surface area contributed by atoms with Crippen molar-refractivity contribution in [3.05, 3.63) is 24.3 Å². The van der Waals surface area contributed by atoms with Crippen LogP contribution in [0.3, 0.4) is 0 Å². The van der Waals surface area contributed by atoms with Crippen molar-refractivity contribution < 1.29 is 14.3 Å². The average Bonchev–Trinajstić information content (AvgIpc) is 2.63. The summed E-state index contributed by atoms with van der Waals surface area (Å²) in [7, 11) is 0. The third-order valence-corrected chi connectivity index (χ3v) is 5.00. The highest BCUT2D eigenvalue weighted by Crippen LogP contribution is 2.22. The average molecular weight is 363 g/mol. The molecule has 0 aromatic carbocycles. The molecule has 1 heterocycles. The summed E-state index contributed by atoms with van der Waals surface area (Å²) in [4.78, 5) is 22.5. The molecule has 1 unspecified atom stereocenters. The molecule has 3 nitrogen and oxygen atoms in total. The molecule has 1 aliphatic heterocycles. The standard InChI is InChI=1S/C23H38O3/c1-2-3-4-5-6-7-8-9-10-11-12-13-14-15-16-17-18-21-19-20-22(24)26-23(21)25/h6-7,9-10,21H,2-5,8,11-20H2,1H3/b7-6-,10-9-. The molecule has 3 heteroatoms. The molecule has 1 rings (SSSR count). The van der Waals surface area contributed by atoms with Crippen LogP contribution in [0.4, 0.5) is 0 Å². The molecule has 0 saturated carbocycles. The lowest BCUT2D eigenvalue weighted by Gasteiger charge is -2.18. The predicted molar refractivity (Wildman–Crippen MR) is 108 cm³/mol. The fraction of sp³-hybridized carbons (Fsp3) is 0.739. The van der Waals surface area contributed by atoms with Crippen LogP contribution < -0.4 is 0 Å². The molecule has 0 spiro atoms. The summed E-state index contributed by atoms with van der Waals surface area (Å²) in [6, 6.07) is 0. The molecular weight excluding hydrogens is 324 g/mol. The van der Waals surface area contributed by atoms with Gasteiger partial charge in [0, 0.05) is 6.42 Å². The van der Waals surface area contributed by atoms with Crippen LogP contribution in [-0.2, 0) is 14.3 Å². The first-order valence-electron chi connectivity index (χ1n) is 10.8. The van der Waals surface area contributed by atoms with E-state index in [-0.39, 0.29) is 17.9 Å². The number of carbonyl (C=O) groups is 2. The van der Waals surface area contributed by atoms with Crippen LogP contribution in [0.15, 0.2) is 24.3 Å². The van der Waals surface area contributed by atoms with Gasteiger partial charge < -0.3 is 4.74 Å². The van der Waals surface area contributed by atoms with Crippen molar-refractivity contribution in [2.24, 2.45) is 5.92 Å². The Kier molecular flexibility index (Phi) is 13.8. The highest BCUT2D eigenvalue weighted by atomic mass is 16.6. The van der Waals surface area contributed by atoms with E-state index in [1.54, 1.807) is 0 Å². The molecule has 148 valence electrons. The largest absolute Gasteiger partial charge is 0.393 e. The number of ether oxygens (including phenoxy) is 1. The lowest BCUT2D eigenvalue weighted by Crippen LogP contribution is -2.27. The molecule has 1 saturated heterocycles. The third-order valence-electron chi connectivity index (χ3n) is 5.00. The number of carbonyl (C=O) groups excluding carboxylic acids is 2. The van der Waals surface area contributed by atoms with E-state index in [2.05, 4.69) is 36.0 Å². The highest BCUT2D eigenvalue weighted by Gasteiger charge is 2.28.